The summed E-state index contributed by atoms with van der Waals surface area (Å²) in [5.41, 5.74) is 0.146. The number of hydrogen-bond donors (Lipinski definition) is 0. The van der Waals surface area contributed by atoms with Crippen molar-refractivity contribution in [3.05, 3.63) is 11.6 Å². The molecule has 20 heavy (non-hydrogen) atoms. The molecule has 3 saturated heterocycles. The molecule has 0 amide bonds. The molecule has 3 aliphatic heterocycles. The summed E-state index contributed by atoms with van der Waals surface area (Å²) >= 11 is 0. The number of carbonyl (C=O) groups is 2. The Labute approximate surface area is 115 Å². The van der Waals surface area contributed by atoms with E-state index in [1.54, 1.807) is 20.8 Å². The maximum Gasteiger partial charge on any atom is 0.337 e. The normalized spacial score (nSPS) is 39.5. The molecule has 0 spiro atoms. The van der Waals surface area contributed by atoms with E-state index in [2.05, 4.69) is 0 Å². The van der Waals surface area contributed by atoms with Crippen LogP contribution in [-0.2, 0) is 33.3 Å². The van der Waals surface area contributed by atoms with Gasteiger partial charge in [-0.25, -0.2) is 9.59 Å². The Morgan fingerprint density at radius 2 is 2.10 bits per heavy atom. The first-order valence-corrected chi connectivity index (χ1v) is 6.52. The predicted octanol–water partition coefficient (Wildman–Crippen LogP) is 0.278. The Balaban J connectivity index is 1.79. The van der Waals surface area contributed by atoms with Crippen LogP contribution in [0.2, 0.25) is 0 Å². The van der Waals surface area contributed by atoms with Crippen molar-refractivity contribution in [3.63, 3.8) is 0 Å². The smallest absolute Gasteiger partial charge is 0.337 e. The highest BCUT2D eigenvalue weighted by atomic mass is 16.8. The van der Waals surface area contributed by atoms with Gasteiger partial charge in [0, 0.05) is 6.08 Å². The zero-order chi connectivity index (χ0) is 14.5. The maximum absolute atomic E-state index is 11.8. The van der Waals surface area contributed by atoms with Crippen molar-refractivity contribution >= 4 is 11.9 Å². The topological polar surface area (TPSA) is 80.3 Å². The summed E-state index contributed by atoms with van der Waals surface area (Å²) in [6.07, 6.45) is -1.21. The molecule has 0 aromatic heterocycles. The summed E-state index contributed by atoms with van der Waals surface area (Å²) in [6, 6.07) is 0. The van der Waals surface area contributed by atoms with Crippen LogP contribution in [0.1, 0.15) is 20.8 Å². The highest BCUT2D eigenvalue weighted by Crippen LogP contribution is 2.43. The zero-order valence-electron chi connectivity index (χ0n) is 11.5. The molecular weight excluding hydrogens is 268 g/mol. The summed E-state index contributed by atoms with van der Waals surface area (Å²) in [6.45, 7) is 5.44. The van der Waals surface area contributed by atoms with Gasteiger partial charge < -0.3 is 23.7 Å². The van der Waals surface area contributed by atoms with E-state index in [1.807, 2.05) is 0 Å². The van der Waals surface area contributed by atoms with Crippen molar-refractivity contribution in [1.82, 2.24) is 0 Å². The second kappa shape index (κ2) is 4.54. The Morgan fingerprint density at radius 3 is 2.80 bits per heavy atom. The van der Waals surface area contributed by atoms with E-state index < -0.39 is 42.3 Å². The zero-order valence-corrected chi connectivity index (χ0v) is 11.5. The quantitative estimate of drug-likeness (QED) is 0.532. The van der Waals surface area contributed by atoms with Gasteiger partial charge in [0.15, 0.2) is 24.3 Å². The Bertz CT molecular complexity index is 481. The lowest BCUT2D eigenvalue weighted by molar-refractivity contribution is -0.207. The van der Waals surface area contributed by atoms with Crippen molar-refractivity contribution in [3.8, 4) is 0 Å². The molecule has 7 nitrogen and oxygen atoms in total. The van der Waals surface area contributed by atoms with Crippen LogP contribution in [0.3, 0.4) is 0 Å². The highest BCUT2D eigenvalue weighted by Gasteiger charge is 2.61. The standard InChI is InChI=1S/C13H16O7/c1-4-16-7(14)5-6-8-9(17-11(6)15)10-12(18-8)20-13(2,3)19-10/h5,8-10,12H,4H2,1-3H3/b6-5-. The lowest BCUT2D eigenvalue weighted by atomic mass is 10.1. The molecule has 7 heteroatoms. The minimum absolute atomic E-state index is 0.146. The summed E-state index contributed by atoms with van der Waals surface area (Å²) in [4.78, 5) is 23.3. The molecule has 4 unspecified atom stereocenters. The van der Waals surface area contributed by atoms with Gasteiger partial charge in [0.05, 0.1) is 12.2 Å². The fourth-order valence-electron chi connectivity index (χ4n) is 2.62. The van der Waals surface area contributed by atoms with Gasteiger partial charge in [-0.15, -0.1) is 0 Å². The minimum atomic E-state index is -0.777. The molecule has 0 bridgehead atoms. The number of esters is 2. The molecule has 3 heterocycles. The van der Waals surface area contributed by atoms with Crippen molar-refractivity contribution in [2.24, 2.45) is 0 Å². The average molecular weight is 284 g/mol. The lowest BCUT2D eigenvalue weighted by Crippen LogP contribution is -2.32. The summed E-state index contributed by atoms with van der Waals surface area (Å²) < 4.78 is 26.9. The third-order valence-electron chi connectivity index (χ3n) is 3.34. The second-order valence-corrected chi connectivity index (χ2v) is 5.25. The SMILES string of the molecule is CCOC(=O)/C=C1\C(=O)OC2C1OC1OC(C)(C)OC12. The Morgan fingerprint density at radius 1 is 1.35 bits per heavy atom. The van der Waals surface area contributed by atoms with Gasteiger partial charge >= 0.3 is 11.9 Å². The first-order chi connectivity index (χ1) is 9.41. The van der Waals surface area contributed by atoms with Gasteiger partial charge in [-0.1, -0.05) is 0 Å². The van der Waals surface area contributed by atoms with Gasteiger partial charge in [0.2, 0.25) is 0 Å². The molecule has 3 aliphatic rings. The maximum atomic E-state index is 11.8. The first kappa shape index (κ1) is 13.5. The van der Waals surface area contributed by atoms with Crippen LogP contribution in [0, 0.1) is 0 Å². The van der Waals surface area contributed by atoms with Crippen LogP contribution in [0.4, 0.5) is 0 Å². The van der Waals surface area contributed by atoms with E-state index in [-0.39, 0.29) is 12.2 Å². The monoisotopic (exact) mass is 284 g/mol. The molecule has 0 aromatic carbocycles. The third kappa shape index (κ3) is 2.11. The molecule has 3 rings (SSSR count). The molecular formula is C13H16O7. The third-order valence-corrected chi connectivity index (χ3v) is 3.34. The summed E-state index contributed by atoms with van der Waals surface area (Å²) in [5.74, 6) is -1.96. The van der Waals surface area contributed by atoms with Crippen LogP contribution < -0.4 is 0 Å². The van der Waals surface area contributed by atoms with E-state index in [0.717, 1.165) is 6.08 Å². The number of carbonyl (C=O) groups excluding carboxylic acids is 2. The number of ether oxygens (including phenoxy) is 5. The van der Waals surface area contributed by atoms with Gasteiger partial charge in [-0.2, -0.15) is 0 Å². The van der Waals surface area contributed by atoms with E-state index in [0.29, 0.717) is 0 Å². The number of hydrogen-bond acceptors (Lipinski definition) is 7. The molecule has 110 valence electrons. The van der Waals surface area contributed by atoms with Gasteiger partial charge in [0.25, 0.3) is 0 Å². The molecule has 0 aliphatic carbocycles. The summed E-state index contributed by atoms with van der Waals surface area (Å²) in [7, 11) is 0. The lowest BCUT2D eigenvalue weighted by Gasteiger charge is -2.20. The van der Waals surface area contributed by atoms with Crippen molar-refractivity contribution in [2.45, 2.75) is 51.2 Å². The van der Waals surface area contributed by atoms with Crippen molar-refractivity contribution < 1.29 is 33.3 Å². The van der Waals surface area contributed by atoms with Crippen LogP contribution >= 0.6 is 0 Å². The van der Waals surface area contributed by atoms with E-state index in [1.165, 1.54) is 0 Å². The highest BCUT2D eigenvalue weighted by molar-refractivity contribution is 5.99. The van der Waals surface area contributed by atoms with E-state index in [9.17, 15) is 9.59 Å². The predicted molar refractivity (Wildman–Crippen MR) is 63.3 cm³/mol. The molecule has 0 saturated carbocycles. The first-order valence-electron chi connectivity index (χ1n) is 6.52. The van der Waals surface area contributed by atoms with Crippen molar-refractivity contribution in [2.75, 3.05) is 6.61 Å². The van der Waals surface area contributed by atoms with Gasteiger partial charge in [-0.3, -0.25) is 0 Å². The van der Waals surface area contributed by atoms with E-state index in [4.69, 9.17) is 23.7 Å². The molecule has 0 radical (unpaired) electrons. The molecule has 0 aromatic rings. The van der Waals surface area contributed by atoms with Gasteiger partial charge in [-0.05, 0) is 20.8 Å². The number of fused-ring (bicyclic) bond motifs is 3. The Kier molecular flexibility index (Phi) is 3.07. The molecule has 4 atom stereocenters. The second-order valence-electron chi connectivity index (χ2n) is 5.25. The van der Waals surface area contributed by atoms with E-state index >= 15 is 0 Å². The van der Waals surface area contributed by atoms with Crippen LogP contribution in [0.25, 0.3) is 0 Å². The fraction of sp³-hybridized carbons (Fsp3) is 0.692. The molecule has 0 N–H and O–H groups in total. The number of rotatable bonds is 2. The average Bonchev–Trinajstić information content (AvgIpc) is 2.89. The van der Waals surface area contributed by atoms with Crippen LogP contribution in [0.5, 0.6) is 0 Å². The Hall–Kier alpha value is -1.44. The fourth-order valence-corrected chi connectivity index (χ4v) is 2.62. The minimum Gasteiger partial charge on any atom is -0.463 e. The van der Waals surface area contributed by atoms with Crippen molar-refractivity contribution in [1.29, 1.82) is 0 Å². The van der Waals surface area contributed by atoms with Gasteiger partial charge in [0.1, 0.15) is 6.10 Å². The summed E-state index contributed by atoms with van der Waals surface area (Å²) in [5, 5.41) is 0. The van der Waals surface area contributed by atoms with Crippen LogP contribution in [0.15, 0.2) is 11.6 Å². The van der Waals surface area contributed by atoms with Crippen LogP contribution in [-0.4, -0.2) is 48.9 Å². The largest absolute Gasteiger partial charge is 0.463 e. The molecule has 3 fully saturated rings.